The summed E-state index contributed by atoms with van der Waals surface area (Å²) in [5.74, 6) is 0.880. The van der Waals surface area contributed by atoms with Gasteiger partial charge in [0.15, 0.2) is 5.75 Å². The number of nitrogens with one attached hydrogen (secondary N) is 2. The smallest absolute Gasteiger partial charge is 0.153 e. The van der Waals surface area contributed by atoms with E-state index >= 15 is 0 Å². The van der Waals surface area contributed by atoms with Crippen LogP contribution in [0.1, 0.15) is 12.8 Å². The van der Waals surface area contributed by atoms with Crippen LogP contribution >= 0.6 is 0 Å². The number of nitrogens with zero attached hydrogens (tertiary/aromatic N) is 2. The Labute approximate surface area is 161 Å². The van der Waals surface area contributed by atoms with Gasteiger partial charge in [0, 0.05) is 26.9 Å². The standard InChI is InChI=1S/C22H21N5O/c23-12-25-13-24-9-10-28-22-20-15-6-2-4-8-18(15)26-19(20)11-16-14-5-1-3-7-17(14)27-21(16)22/h1,3,5-8,11-13,26-27H,2,4,9-10H2,(H2,23,24,25). The van der Waals surface area contributed by atoms with Crippen molar-refractivity contribution in [1.29, 1.82) is 0 Å². The molecule has 2 aromatic carbocycles. The largest absolute Gasteiger partial charge is 0.489 e. The molecule has 2 heterocycles. The molecule has 0 saturated carbocycles. The van der Waals surface area contributed by atoms with Crippen molar-refractivity contribution in [3.63, 3.8) is 0 Å². The number of para-hydroxylation sites is 1. The van der Waals surface area contributed by atoms with Crippen molar-refractivity contribution < 1.29 is 4.74 Å². The van der Waals surface area contributed by atoms with E-state index in [1.165, 1.54) is 28.6 Å². The summed E-state index contributed by atoms with van der Waals surface area (Å²) in [4.78, 5) is 15.1. The van der Waals surface area contributed by atoms with Gasteiger partial charge in [-0.05, 0) is 25.0 Å². The van der Waals surface area contributed by atoms with Crippen molar-refractivity contribution in [2.75, 3.05) is 13.2 Å². The summed E-state index contributed by atoms with van der Waals surface area (Å²) in [6.07, 6.45) is 9.34. The van der Waals surface area contributed by atoms with Crippen molar-refractivity contribution in [3.05, 3.63) is 40.9 Å². The first-order chi connectivity index (χ1) is 13.9. The molecule has 0 aliphatic heterocycles. The maximum Gasteiger partial charge on any atom is 0.153 e. The molecule has 2 aromatic heterocycles. The highest BCUT2D eigenvalue weighted by molar-refractivity contribution is 6.15. The number of hydrogen-bond donors (Lipinski definition) is 3. The molecule has 0 fully saturated rings. The van der Waals surface area contributed by atoms with E-state index < -0.39 is 0 Å². The average Bonchev–Trinajstić information content (AvgIpc) is 3.28. The number of aromatic nitrogens is 2. The Hall–Kier alpha value is -3.54. The van der Waals surface area contributed by atoms with Crippen LogP contribution in [-0.4, -0.2) is 35.8 Å². The van der Waals surface area contributed by atoms with Crippen LogP contribution in [0.3, 0.4) is 0 Å². The lowest BCUT2D eigenvalue weighted by atomic mass is 10.1. The quantitative estimate of drug-likeness (QED) is 0.286. The van der Waals surface area contributed by atoms with Gasteiger partial charge in [-0.3, -0.25) is 4.99 Å². The Morgan fingerprint density at radius 1 is 1.07 bits per heavy atom. The van der Waals surface area contributed by atoms with Crippen LogP contribution in [0.25, 0.3) is 44.9 Å². The maximum absolute atomic E-state index is 6.28. The van der Waals surface area contributed by atoms with E-state index in [4.69, 9.17) is 10.5 Å². The summed E-state index contributed by atoms with van der Waals surface area (Å²) in [5.41, 5.74) is 8.45. The molecular formula is C22H21N5O. The summed E-state index contributed by atoms with van der Waals surface area (Å²) >= 11 is 0. The lowest BCUT2D eigenvalue weighted by molar-refractivity contribution is 0.336. The van der Waals surface area contributed by atoms with Crippen molar-refractivity contribution in [3.8, 4) is 5.75 Å². The van der Waals surface area contributed by atoms with Crippen LogP contribution in [0.2, 0.25) is 0 Å². The number of nitrogens with two attached hydrogens (primary N) is 1. The summed E-state index contributed by atoms with van der Waals surface area (Å²) < 4.78 is 6.28. The van der Waals surface area contributed by atoms with E-state index in [9.17, 15) is 0 Å². The van der Waals surface area contributed by atoms with Gasteiger partial charge >= 0.3 is 0 Å². The third-order valence-electron chi connectivity index (χ3n) is 5.15. The molecule has 6 nitrogen and oxygen atoms in total. The topological polar surface area (TPSA) is 91.5 Å². The molecule has 4 N–H and O–H groups in total. The molecule has 1 aliphatic rings. The molecule has 4 aromatic rings. The summed E-state index contributed by atoms with van der Waals surface area (Å²) in [7, 11) is 0. The number of rotatable bonds is 5. The molecule has 140 valence electrons. The first-order valence-electron chi connectivity index (χ1n) is 9.47. The molecule has 5 rings (SSSR count). The molecule has 0 atom stereocenters. The summed E-state index contributed by atoms with van der Waals surface area (Å²) in [5, 5.41) is 5.90. The van der Waals surface area contributed by atoms with E-state index in [1.807, 2.05) is 6.07 Å². The van der Waals surface area contributed by atoms with Crippen molar-refractivity contribution in [2.45, 2.75) is 12.8 Å². The second-order valence-electron chi connectivity index (χ2n) is 6.83. The van der Waals surface area contributed by atoms with Crippen LogP contribution in [0.5, 0.6) is 5.75 Å². The number of hydrogen-bond acceptors (Lipinski definition) is 2. The van der Waals surface area contributed by atoms with Gasteiger partial charge in [-0.2, -0.15) is 0 Å². The molecule has 0 bridgehead atoms. The summed E-state index contributed by atoms with van der Waals surface area (Å²) in [6, 6.07) is 10.6. The van der Waals surface area contributed by atoms with Crippen LogP contribution in [-0.2, 0) is 0 Å². The Kier molecular flexibility index (Phi) is 4.09. The van der Waals surface area contributed by atoms with Crippen LogP contribution in [0.15, 0.2) is 40.3 Å². The number of aliphatic imine (C=N–C) groups is 2. The van der Waals surface area contributed by atoms with E-state index in [1.54, 1.807) is 0 Å². The normalized spacial score (nSPS) is 14.1. The number of fused-ring (bicyclic) bond motifs is 6. The first kappa shape index (κ1) is 16.6. The number of aromatic amines is 2. The van der Waals surface area contributed by atoms with Crippen molar-refractivity contribution in [1.82, 2.24) is 9.97 Å². The zero-order valence-corrected chi connectivity index (χ0v) is 15.4. The molecule has 0 unspecified atom stereocenters. The van der Waals surface area contributed by atoms with E-state index in [0.29, 0.717) is 13.2 Å². The molecule has 0 amide bonds. The van der Waals surface area contributed by atoms with Gasteiger partial charge in [-0.1, -0.05) is 30.4 Å². The molecule has 0 radical (unpaired) electrons. The molecular weight excluding hydrogens is 350 g/mol. The number of benzene rings is 2. The summed E-state index contributed by atoms with van der Waals surface area (Å²) in [6.45, 7) is 0.974. The van der Waals surface area contributed by atoms with Gasteiger partial charge in [0.2, 0.25) is 0 Å². The third-order valence-corrected chi connectivity index (χ3v) is 5.15. The fourth-order valence-electron chi connectivity index (χ4n) is 3.99. The van der Waals surface area contributed by atoms with Gasteiger partial charge in [0.1, 0.15) is 12.9 Å². The zero-order chi connectivity index (χ0) is 18.9. The molecule has 0 saturated heterocycles. The molecule has 6 heteroatoms. The first-order valence-corrected chi connectivity index (χ1v) is 9.47. The van der Waals surface area contributed by atoms with Crippen molar-refractivity contribution in [2.24, 2.45) is 15.7 Å². The predicted molar refractivity (Wildman–Crippen MR) is 117 cm³/mol. The fraction of sp³-hybridized carbons (Fsp3) is 0.182. The van der Waals surface area contributed by atoms with E-state index in [0.717, 1.165) is 45.9 Å². The Morgan fingerprint density at radius 3 is 2.89 bits per heavy atom. The average molecular weight is 371 g/mol. The van der Waals surface area contributed by atoms with Gasteiger partial charge in [0.25, 0.3) is 0 Å². The van der Waals surface area contributed by atoms with Crippen molar-refractivity contribution >= 4 is 57.5 Å². The third kappa shape index (κ3) is 2.65. The molecule has 1 aliphatic carbocycles. The van der Waals surface area contributed by atoms with Gasteiger partial charge in [-0.15, -0.1) is 0 Å². The molecule has 0 spiro atoms. The molecule has 28 heavy (non-hydrogen) atoms. The van der Waals surface area contributed by atoms with Crippen LogP contribution < -0.4 is 21.0 Å². The zero-order valence-electron chi connectivity index (χ0n) is 15.4. The Morgan fingerprint density at radius 2 is 1.96 bits per heavy atom. The SMILES string of the molecule is NC=NC=NCCOc1c2[nH]c3ccccc3c2cc2[nH]c3c(c12)=CCCC=3. The van der Waals surface area contributed by atoms with Crippen LogP contribution in [0.4, 0.5) is 0 Å². The minimum Gasteiger partial charge on any atom is -0.489 e. The highest BCUT2D eigenvalue weighted by Gasteiger charge is 2.17. The Balaban J connectivity index is 1.71. The van der Waals surface area contributed by atoms with Gasteiger partial charge < -0.3 is 20.4 Å². The second kappa shape index (κ2) is 6.88. The van der Waals surface area contributed by atoms with Gasteiger partial charge in [-0.25, -0.2) is 4.99 Å². The lowest BCUT2D eigenvalue weighted by Gasteiger charge is -2.08. The predicted octanol–water partition coefficient (Wildman–Crippen LogP) is 2.55. The monoisotopic (exact) mass is 371 g/mol. The lowest BCUT2D eigenvalue weighted by Crippen LogP contribution is -2.25. The number of H-pyrrole nitrogens is 2. The van der Waals surface area contributed by atoms with E-state index in [-0.39, 0.29) is 0 Å². The fourth-order valence-corrected chi connectivity index (χ4v) is 3.99. The Bertz CT molecular complexity index is 1360. The highest BCUT2D eigenvalue weighted by Crippen LogP contribution is 2.36. The van der Waals surface area contributed by atoms with E-state index in [2.05, 4.69) is 56.4 Å². The number of ether oxygens (including phenoxy) is 1. The maximum atomic E-state index is 6.28. The second-order valence-corrected chi connectivity index (χ2v) is 6.83. The highest BCUT2D eigenvalue weighted by atomic mass is 16.5. The minimum absolute atomic E-state index is 0.462. The minimum atomic E-state index is 0.462. The van der Waals surface area contributed by atoms with Gasteiger partial charge in [0.05, 0.1) is 29.3 Å². The van der Waals surface area contributed by atoms with Crippen LogP contribution in [0, 0.1) is 0 Å².